The lowest BCUT2D eigenvalue weighted by Gasteiger charge is -2.06. The summed E-state index contributed by atoms with van der Waals surface area (Å²) in [6.45, 7) is 3.77. The van der Waals surface area contributed by atoms with Crippen LogP contribution in [0.25, 0.3) is 11.0 Å². The molecule has 1 heterocycles. The van der Waals surface area contributed by atoms with Crippen molar-refractivity contribution in [3.8, 4) is 0 Å². The fourth-order valence-corrected chi connectivity index (χ4v) is 2.03. The molecule has 0 N–H and O–H groups in total. The minimum atomic E-state index is -0.424. The Balaban J connectivity index is 2.80. The predicted molar refractivity (Wildman–Crippen MR) is 66.7 cm³/mol. The fraction of sp³-hybridized carbons (Fsp3) is 0.308. The van der Waals surface area contributed by atoms with E-state index in [2.05, 4.69) is 0 Å². The average Bonchev–Trinajstić information content (AvgIpc) is 2.72. The molecule has 0 amide bonds. The van der Waals surface area contributed by atoms with Crippen molar-refractivity contribution in [2.45, 2.75) is 20.3 Å². The van der Waals surface area contributed by atoms with E-state index in [1.165, 1.54) is 7.11 Å². The van der Waals surface area contributed by atoms with E-state index in [1.54, 1.807) is 13.0 Å². The number of halogens is 1. The van der Waals surface area contributed by atoms with Crippen LogP contribution in [0.1, 0.15) is 28.6 Å². The van der Waals surface area contributed by atoms with Crippen LogP contribution in [0, 0.1) is 6.92 Å². The van der Waals surface area contributed by atoms with Crippen LogP contribution < -0.4 is 0 Å². The highest BCUT2D eigenvalue weighted by atomic mass is 35.5. The van der Waals surface area contributed by atoms with Gasteiger partial charge in [0.05, 0.1) is 7.11 Å². The molecule has 4 heteroatoms. The van der Waals surface area contributed by atoms with Crippen molar-refractivity contribution >= 4 is 28.5 Å². The summed E-state index contributed by atoms with van der Waals surface area (Å²) in [6, 6.07) is 3.70. The van der Waals surface area contributed by atoms with Gasteiger partial charge in [-0.15, -0.1) is 0 Å². The molecule has 3 nitrogen and oxygen atoms in total. The molecule has 0 spiro atoms. The summed E-state index contributed by atoms with van der Waals surface area (Å²) in [7, 11) is 1.35. The molecule has 0 aliphatic carbocycles. The summed E-state index contributed by atoms with van der Waals surface area (Å²) >= 11 is 6.10. The Morgan fingerprint density at radius 3 is 2.76 bits per heavy atom. The van der Waals surface area contributed by atoms with E-state index < -0.39 is 5.97 Å². The van der Waals surface area contributed by atoms with Gasteiger partial charge in [-0.25, -0.2) is 4.79 Å². The number of benzene rings is 1. The molecule has 0 saturated heterocycles. The van der Waals surface area contributed by atoms with Crippen LogP contribution >= 0.6 is 11.6 Å². The molecule has 0 fully saturated rings. The summed E-state index contributed by atoms with van der Waals surface area (Å²) < 4.78 is 10.4. The van der Waals surface area contributed by atoms with Gasteiger partial charge in [0.2, 0.25) is 0 Å². The first-order valence-corrected chi connectivity index (χ1v) is 5.76. The molecule has 0 bridgehead atoms. The van der Waals surface area contributed by atoms with E-state index in [0.717, 1.165) is 17.6 Å². The summed E-state index contributed by atoms with van der Waals surface area (Å²) in [5.41, 5.74) is 1.65. The number of methoxy groups -OCH3 is 1. The standard InChI is InChI=1S/C13H13ClO3/c1-4-9-5-8-6-10(14)7(2)11(12(8)17-9)13(15)16-3/h5-6H,4H2,1-3H3. The fourth-order valence-electron chi connectivity index (χ4n) is 1.82. The second kappa shape index (κ2) is 4.41. The van der Waals surface area contributed by atoms with Gasteiger partial charge in [-0.1, -0.05) is 18.5 Å². The molecule has 17 heavy (non-hydrogen) atoms. The molecule has 0 atom stereocenters. The largest absolute Gasteiger partial charge is 0.465 e. The smallest absolute Gasteiger partial charge is 0.342 e. The number of ether oxygens (including phenoxy) is 1. The van der Waals surface area contributed by atoms with Crippen molar-refractivity contribution in [3.63, 3.8) is 0 Å². The Bertz CT molecular complexity index is 584. The summed E-state index contributed by atoms with van der Waals surface area (Å²) in [5.74, 6) is 0.402. The number of hydrogen-bond donors (Lipinski definition) is 0. The molecule has 0 radical (unpaired) electrons. The van der Waals surface area contributed by atoms with Crippen LogP contribution in [0.2, 0.25) is 5.02 Å². The third-order valence-corrected chi connectivity index (χ3v) is 3.18. The highest BCUT2D eigenvalue weighted by Gasteiger charge is 2.20. The van der Waals surface area contributed by atoms with Crippen molar-refractivity contribution < 1.29 is 13.9 Å². The second-order valence-corrected chi connectivity index (χ2v) is 4.24. The molecule has 0 unspecified atom stereocenters. The van der Waals surface area contributed by atoms with Crippen LogP contribution in [-0.4, -0.2) is 13.1 Å². The van der Waals surface area contributed by atoms with Crippen LogP contribution in [0.4, 0.5) is 0 Å². The molecule has 1 aromatic heterocycles. The molecule has 2 rings (SSSR count). The number of fused-ring (bicyclic) bond motifs is 1. The number of furan rings is 1. The molecule has 90 valence electrons. The normalized spacial score (nSPS) is 10.8. The lowest BCUT2D eigenvalue weighted by Crippen LogP contribution is -2.04. The van der Waals surface area contributed by atoms with Crippen molar-refractivity contribution in [1.82, 2.24) is 0 Å². The average molecular weight is 253 g/mol. The zero-order chi connectivity index (χ0) is 12.6. The van der Waals surface area contributed by atoms with Crippen molar-refractivity contribution in [2.75, 3.05) is 7.11 Å². The van der Waals surface area contributed by atoms with E-state index >= 15 is 0 Å². The zero-order valence-electron chi connectivity index (χ0n) is 9.96. The number of carbonyl (C=O) groups is 1. The molecule has 0 aliphatic rings. The third-order valence-electron chi connectivity index (χ3n) is 2.79. The number of esters is 1. The minimum Gasteiger partial charge on any atom is -0.465 e. The third kappa shape index (κ3) is 1.91. The molecule has 0 saturated carbocycles. The lowest BCUT2D eigenvalue weighted by molar-refractivity contribution is 0.0601. The van der Waals surface area contributed by atoms with Crippen LogP contribution in [-0.2, 0) is 11.2 Å². The Kier molecular flexibility index (Phi) is 3.11. The van der Waals surface area contributed by atoms with Gasteiger partial charge in [0, 0.05) is 16.8 Å². The summed E-state index contributed by atoms with van der Waals surface area (Å²) in [5, 5.41) is 1.37. The Morgan fingerprint density at radius 1 is 1.47 bits per heavy atom. The van der Waals surface area contributed by atoms with E-state index in [0.29, 0.717) is 21.7 Å². The summed E-state index contributed by atoms with van der Waals surface area (Å²) in [6.07, 6.45) is 0.770. The van der Waals surface area contributed by atoms with E-state index in [4.69, 9.17) is 20.8 Å². The zero-order valence-corrected chi connectivity index (χ0v) is 10.7. The van der Waals surface area contributed by atoms with Crippen molar-refractivity contribution in [2.24, 2.45) is 0 Å². The topological polar surface area (TPSA) is 39.4 Å². The van der Waals surface area contributed by atoms with Crippen LogP contribution in [0.15, 0.2) is 16.5 Å². The van der Waals surface area contributed by atoms with Crippen LogP contribution in [0.5, 0.6) is 0 Å². The Labute approximate surface area is 104 Å². The first-order valence-electron chi connectivity index (χ1n) is 5.38. The highest BCUT2D eigenvalue weighted by molar-refractivity contribution is 6.33. The lowest BCUT2D eigenvalue weighted by atomic mass is 10.1. The van der Waals surface area contributed by atoms with Gasteiger partial charge in [-0.2, -0.15) is 0 Å². The molecule has 2 aromatic rings. The van der Waals surface area contributed by atoms with Gasteiger partial charge in [0.1, 0.15) is 16.9 Å². The maximum atomic E-state index is 11.8. The second-order valence-electron chi connectivity index (χ2n) is 3.83. The van der Waals surface area contributed by atoms with Gasteiger partial charge in [0.25, 0.3) is 0 Å². The highest BCUT2D eigenvalue weighted by Crippen LogP contribution is 2.31. The maximum absolute atomic E-state index is 11.8. The summed E-state index contributed by atoms with van der Waals surface area (Å²) in [4.78, 5) is 11.8. The maximum Gasteiger partial charge on any atom is 0.342 e. The molecule has 0 aliphatic heterocycles. The first kappa shape index (κ1) is 12.0. The number of rotatable bonds is 2. The van der Waals surface area contributed by atoms with Crippen LogP contribution in [0.3, 0.4) is 0 Å². The number of aryl methyl sites for hydroxylation is 1. The minimum absolute atomic E-state index is 0.412. The predicted octanol–water partition coefficient (Wildman–Crippen LogP) is 3.74. The Morgan fingerprint density at radius 2 is 2.18 bits per heavy atom. The molecular weight excluding hydrogens is 240 g/mol. The van der Waals surface area contributed by atoms with Gasteiger partial charge in [-0.05, 0) is 24.6 Å². The molecular formula is C13H13ClO3. The number of carbonyl (C=O) groups excluding carboxylic acids is 1. The van der Waals surface area contributed by atoms with E-state index in [1.807, 2.05) is 13.0 Å². The van der Waals surface area contributed by atoms with E-state index in [-0.39, 0.29) is 0 Å². The van der Waals surface area contributed by atoms with Crippen molar-refractivity contribution in [3.05, 3.63) is 34.0 Å². The number of hydrogen-bond acceptors (Lipinski definition) is 3. The SMILES string of the molecule is CCc1cc2cc(Cl)c(C)c(C(=O)OC)c2o1. The van der Waals surface area contributed by atoms with Gasteiger partial charge in [0.15, 0.2) is 0 Å². The quantitative estimate of drug-likeness (QED) is 0.765. The van der Waals surface area contributed by atoms with Crippen molar-refractivity contribution in [1.29, 1.82) is 0 Å². The van der Waals surface area contributed by atoms with Gasteiger partial charge >= 0.3 is 5.97 Å². The first-order chi connectivity index (χ1) is 8.08. The monoisotopic (exact) mass is 252 g/mol. The van der Waals surface area contributed by atoms with Gasteiger partial charge in [-0.3, -0.25) is 0 Å². The van der Waals surface area contributed by atoms with Gasteiger partial charge < -0.3 is 9.15 Å². The molecule has 1 aromatic carbocycles. The van der Waals surface area contributed by atoms with E-state index in [9.17, 15) is 4.79 Å². The Hall–Kier alpha value is -1.48.